The molecule has 0 saturated carbocycles. The lowest BCUT2D eigenvalue weighted by molar-refractivity contribution is 0.421. The zero-order valence-electron chi connectivity index (χ0n) is 11.5. The average Bonchev–Trinajstić information content (AvgIpc) is 2.74. The average molecular weight is 326 g/mol. The molecule has 0 fully saturated rings. The van der Waals surface area contributed by atoms with Crippen LogP contribution in [0.2, 0.25) is 0 Å². The van der Waals surface area contributed by atoms with Crippen molar-refractivity contribution in [3.63, 3.8) is 0 Å². The molecule has 2 aromatic rings. The van der Waals surface area contributed by atoms with Gasteiger partial charge in [-0.2, -0.15) is 0 Å². The van der Waals surface area contributed by atoms with Crippen molar-refractivity contribution in [3.05, 3.63) is 32.7 Å². The van der Waals surface area contributed by atoms with Crippen LogP contribution in [0.5, 0.6) is 0 Å². The van der Waals surface area contributed by atoms with Crippen molar-refractivity contribution in [1.82, 2.24) is 15.3 Å². The molecule has 1 aromatic carbocycles. The predicted octanol–water partition coefficient (Wildman–Crippen LogP) is 3.32. The number of hydrogen-bond donors (Lipinski definition) is 3. The van der Waals surface area contributed by atoms with Crippen LogP contribution in [0.15, 0.2) is 21.4 Å². The Labute approximate surface area is 121 Å². The molecule has 104 valence electrons. The van der Waals surface area contributed by atoms with E-state index >= 15 is 0 Å². The maximum absolute atomic E-state index is 11.3. The molecule has 0 amide bonds. The van der Waals surface area contributed by atoms with Gasteiger partial charge in [-0.1, -0.05) is 36.2 Å². The fraction of sp³-hybridized carbons (Fsp3) is 0.500. The minimum Gasteiger partial charge on any atom is -0.313 e. The second kappa shape index (κ2) is 5.92. The van der Waals surface area contributed by atoms with Gasteiger partial charge in [0.2, 0.25) is 0 Å². The number of aromatic nitrogens is 2. The van der Waals surface area contributed by atoms with E-state index in [1.54, 1.807) is 0 Å². The number of benzene rings is 1. The van der Waals surface area contributed by atoms with Crippen molar-refractivity contribution < 1.29 is 0 Å². The summed E-state index contributed by atoms with van der Waals surface area (Å²) in [5.41, 5.74) is 2.71. The van der Waals surface area contributed by atoms with Gasteiger partial charge >= 0.3 is 5.69 Å². The standard InChI is InChI=1S/C14H20BrN3O/c1-4-8(2)5-11(16-3)9-6-12-13(7-10(9)15)18-14(19)17-12/h6-8,11,16H,4-5H2,1-3H3,(H2,17,18,19). The Hall–Kier alpha value is -1.07. The molecular weight excluding hydrogens is 306 g/mol. The molecule has 2 unspecified atom stereocenters. The fourth-order valence-corrected chi connectivity index (χ4v) is 2.93. The largest absolute Gasteiger partial charge is 0.323 e. The number of H-pyrrole nitrogens is 2. The normalized spacial score (nSPS) is 14.7. The van der Waals surface area contributed by atoms with Crippen molar-refractivity contribution in [2.45, 2.75) is 32.7 Å². The van der Waals surface area contributed by atoms with Gasteiger partial charge in [0.25, 0.3) is 0 Å². The molecule has 5 heteroatoms. The zero-order valence-corrected chi connectivity index (χ0v) is 13.1. The highest BCUT2D eigenvalue weighted by atomic mass is 79.9. The SMILES string of the molecule is CCC(C)CC(NC)c1cc2[nH]c(=O)[nH]c2cc1Br. The summed E-state index contributed by atoms with van der Waals surface area (Å²) in [5, 5.41) is 3.36. The first-order valence-corrected chi connectivity index (χ1v) is 7.43. The quantitative estimate of drug-likeness (QED) is 0.789. The molecule has 0 saturated heterocycles. The van der Waals surface area contributed by atoms with Gasteiger partial charge < -0.3 is 15.3 Å². The second-order valence-corrected chi connectivity index (χ2v) is 5.94. The summed E-state index contributed by atoms with van der Waals surface area (Å²) in [5.74, 6) is 0.658. The lowest BCUT2D eigenvalue weighted by Crippen LogP contribution is -2.19. The number of imidazole rings is 1. The first kappa shape index (κ1) is 14.3. The lowest BCUT2D eigenvalue weighted by Gasteiger charge is -2.21. The number of hydrogen-bond acceptors (Lipinski definition) is 2. The van der Waals surface area contributed by atoms with Crippen LogP contribution in [0.25, 0.3) is 11.0 Å². The molecule has 0 aliphatic rings. The van der Waals surface area contributed by atoms with Crippen molar-refractivity contribution in [2.75, 3.05) is 7.05 Å². The third-order valence-electron chi connectivity index (χ3n) is 3.69. The highest BCUT2D eigenvalue weighted by Gasteiger charge is 2.16. The predicted molar refractivity (Wildman–Crippen MR) is 82.5 cm³/mol. The number of nitrogens with one attached hydrogen (secondary N) is 3. The second-order valence-electron chi connectivity index (χ2n) is 5.09. The van der Waals surface area contributed by atoms with Gasteiger partial charge in [0.05, 0.1) is 11.0 Å². The third kappa shape index (κ3) is 3.09. The summed E-state index contributed by atoms with van der Waals surface area (Å²) in [7, 11) is 1.98. The molecule has 0 aliphatic heterocycles. The lowest BCUT2D eigenvalue weighted by atomic mass is 9.94. The Morgan fingerprint density at radius 1 is 1.32 bits per heavy atom. The van der Waals surface area contributed by atoms with E-state index in [1.807, 2.05) is 19.2 Å². The monoisotopic (exact) mass is 325 g/mol. The van der Waals surface area contributed by atoms with Crippen LogP contribution in [0.1, 0.15) is 38.3 Å². The molecule has 4 nitrogen and oxygen atoms in total. The molecule has 3 N–H and O–H groups in total. The maximum atomic E-state index is 11.3. The van der Waals surface area contributed by atoms with Gasteiger partial charge in [-0.3, -0.25) is 0 Å². The summed E-state index contributed by atoms with van der Waals surface area (Å²) in [6.45, 7) is 4.47. The van der Waals surface area contributed by atoms with Crippen LogP contribution in [-0.4, -0.2) is 17.0 Å². The van der Waals surface area contributed by atoms with Gasteiger partial charge in [-0.25, -0.2) is 4.79 Å². The number of rotatable bonds is 5. The van der Waals surface area contributed by atoms with Crippen LogP contribution in [0, 0.1) is 5.92 Å². The van der Waals surface area contributed by atoms with E-state index in [0.717, 1.165) is 21.9 Å². The van der Waals surface area contributed by atoms with Gasteiger partial charge in [0, 0.05) is 10.5 Å². The van der Waals surface area contributed by atoms with Gasteiger partial charge in [0.15, 0.2) is 0 Å². The van der Waals surface area contributed by atoms with Crippen LogP contribution >= 0.6 is 15.9 Å². The number of fused-ring (bicyclic) bond motifs is 1. The van der Waals surface area contributed by atoms with E-state index in [1.165, 1.54) is 12.0 Å². The van der Waals surface area contributed by atoms with Gasteiger partial charge in [-0.15, -0.1) is 0 Å². The topological polar surface area (TPSA) is 60.7 Å². The van der Waals surface area contributed by atoms with Gasteiger partial charge in [-0.05, 0) is 37.1 Å². The van der Waals surface area contributed by atoms with Gasteiger partial charge in [0.1, 0.15) is 0 Å². The van der Waals surface area contributed by atoms with E-state index < -0.39 is 0 Å². The van der Waals surface area contributed by atoms with Crippen LogP contribution in [-0.2, 0) is 0 Å². The molecule has 1 aromatic heterocycles. The van der Waals surface area contributed by atoms with E-state index in [2.05, 4.69) is 45.1 Å². The summed E-state index contributed by atoms with van der Waals surface area (Å²) < 4.78 is 1.03. The molecule has 0 spiro atoms. The first-order chi connectivity index (χ1) is 9.05. The van der Waals surface area contributed by atoms with Crippen molar-refractivity contribution in [2.24, 2.45) is 5.92 Å². The highest BCUT2D eigenvalue weighted by molar-refractivity contribution is 9.10. The molecule has 1 heterocycles. The summed E-state index contributed by atoms with van der Waals surface area (Å²) in [6, 6.07) is 4.29. The molecule has 0 aliphatic carbocycles. The molecule has 19 heavy (non-hydrogen) atoms. The van der Waals surface area contributed by atoms with Crippen molar-refractivity contribution in [3.8, 4) is 0 Å². The van der Waals surface area contributed by atoms with Crippen LogP contribution in [0.3, 0.4) is 0 Å². The molecule has 0 bridgehead atoms. The smallest absolute Gasteiger partial charge is 0.313 e. The minimum atomic E-state index is -0.165. The minimum absolute atomic E-state index is 0.165. The Bertz CT molecular complexity index is 617. The van der Waals surface area contributed by atoms with Crippen LogP contribution in [0.4, 0.5) is 0 Å². The van der Waals surface area contributed by atoms with E-state index in [4.69, 9.17) is 0 Å². The number of aromatic amines is 2. The Balaban J connectivity index is 2.41. The Kier molecular flexibility index (Phi) is 4.47. The Morgan fingerprint density at radius 2 is 1.95 bits per heavy atom. The van der Waals surface area contributed by atoms with E-state index in [0.29, 0.717) is 5.92 Å². The maximum Gasteiger partial charge on any atom is 0.323 e. The zero-order chi connectivity index (χ0) is 14.0. The molecule has 0 radical (unpaired) electrons. The van der Waals surface area contributed by atoms with Crippen LogP contribution < -0.4 is 11.0 Å². The first-order valence-electron chi connectivity index (χ1n) is 6.63. The summed E-state index contributed by atoms with van der Waals surface area (Å²) in [4.78, 5) is 16.9. The molecule has 2 rings (SSSR count). The molecule has 2 atom stereocenters. The third-order valence-corrected chi connectivity index (χ3v) is 4.38. The Morgan fingerprint density at radius 3 is 2.53 bits per heavy atom. The van der Waals surface area contributed by atoms with E-state index in [-0.39, 0.29) is 11.7 Å². The van der Waals surface area contributed by atoms with Crippen molar-refractivity contribution >= 4 is 27.0 Å². The van der Waals surface area contributed by atoms with Crippen molar-refractivity contribution in [1.29, 1.82) is 0 Å². The summed E-state index contributed by atoms with van der Waals surface area (Å²) >= 11 is 3.60. The highest BCUT2D eigenvalue weighted by Crippen LogP contribution is 2.31. The molecular formula is C14H20BrN3O. The number of halogens is 1. The summed E-state index contributed by atoms with van der Waals surface area (Å²) in [6.07, 6.45) is 2.24. The fourth-order valence-electron chi connectivity index (χ4n) is 2.31. The van der Waals surface area contributed by atoms with E-state index in [9.17, 15) is 4.79 Å².